The monoisotopic (exact) mass is 257 g/mol. The molecule has 92 valence electrons. The number of alkyl halides is 1. The topological polar surface area (TPSA) is 55.4 Å². The van der Waals surface area contributed by atoms with Gasteiger partial charge in [-0.1, -0.05) is 0 Å². The lowest BCUT2D eigenvalue weighted by Crippen LogP contribution is -2.33. The van der Waals surface area contributed by atoms with E-state index in [2.05, 4.69) is 4.72 Å². The quantitative estimate of drug-likeness (QED) is 0.501. The smallest absolute Gasteiger partial charge is 0.211 e. The van der Waals surface area contributed by atoms with Crippen LogP contribution >= 0.6 is 11.6 Å². The Bertz CT molecular complexity index is 244. The molecule has 0 aliphatic heterocycles. The normalized spacial score (nSPS) is 14.1. The molecule has 0 bridgehead atoms. The van der Waals surface area contributed by atoms with Gasteiger partial charge in [0, 0.05) is 19.0 Å². The molecule has 4 nitrogen and oxygen atoms in total. The summed E-state index contributed by atoms with van der Waals surface area (Å²) in [7, 11) is -3.16. The lowest BCUT2D eigenvalue weighted by atomic mass is 10.4. The number of ether oxygens (including phenoxy) is 1. The van der Waals surface area contributed by atoms with E-state index in [1.807, 2.05) is 13.8 Å². The van der Waals surface area contributed by atoms with Crippen molar-refractivity contribution in [2.45, 2.75) is 32.8 Å². The molecule has 0 aliphatic carbocycles. The van der Waals surface area contributed by atoms with Gasteiger partial charge in [-0.3, -0.25) is 0 Å². The number of halogens is 1. The highest BCUT2D eigenvalue weighted by molar-refractivity contribution is 7.89. The Morgan fingerprint density at radius 2 is 2.07 bits per heavy atom. The van der Waals surface area contributed by atoms with Crippen LogP contribution in [0.3, 0.4) is 0 Å². The molecule has 6 heteroatoms. The zero-order valence-corrected chi connectivity index (χ0v) is 10.9. The maximum absolute atomic E-state index is 11.4. The van der Waals surface area contributed by atoms with Crippen LogP contribution in [0.25, 0.3) is 0 Å². The Morgan fingerprint density at radius 1 is 1.40 bits per heavy atom. The molecule has 1 atom stereocenters. The summed E-state index contributed by atoms with van der Waals surface area (Å²) >= 11 is 5.46. The minimum Gasteiger partial charge on any atom is -0.377 e. The predicted molar refractivity (Wildman–Crippen MR) is 62.8 cm³/mol. The molecule has 0 aromatic rings. The van der Waals surface area contributed by atoms with Crippen molar-refractivity contribution in [1.82, 2.24) is 4.72 Å². The third-order valence-corrected chi connectivity index (χ3v) is 3.54. The lowest BCUT2D eigenvalue weighted by Gasteiger charge is -2.12. The van der Waals surface area contributed by atoms with Crippen molar-refractivity contribution in [3.05, 3.63) is 0 Å². The van der Waals surface area contributed by atoms with Crippen LogP contribution in [0.2, 0.25) is 0 Å². The standard InChI is InChI=1S/C9H20ClNO3S/c1-3-14-9(2)8-11-15(12,13)7-5-4-6-10/h9,11H,3-8H2,1-2H3. The SMILES string of the molecule is CCOC(C)CNS(=O)(=O)CCCCCl. The summed E-state index contributed by atoms with van der Waals surface area (Å²) in [5.74, 6) is 0.642. The first kappa shape index (κ1) is 15.2. The zero-order chi connectivity index (χ0) is 11.7. The van der Waals surface area contributed by atoms with Gasteiger partial charge in [-0.15, -0.1) is 11.6 Å². The molecule has 0 aliphatic rings. The average molecular weight is 258 g/mol. The molecule has 0 aromatic heterocycles. The van der Waals surface area contributed by atoms with Crippen molar-refractivity contribution in [3.8, 4) is 0 Å². The minimum absolute atomic E-state index is 0.0854. The van der Waals surface area contributed by atoms with E-state index in [1.165, 1.54) is 0 Å². The third kappa shape index (κ3) is 9.11. The van der Waals surface area contributed by atoms with Crippen LogP contribution in [-0.4, -0.2) is 39.3 Å². The summed E-state index contributed by atoms with van der Waals surface area (Å²) in [6.45, 7) is 4.64. The first-order valence-corrected chi connectivity index (χ1v) is 7.35. The van der Waals surface area contributed by atoms with Crippen LogP contribution in [0.15, 0.2) is 0 Å². The summed E-state index contributed by atoms with van der Waals surface area (Å²) in [5.41, 5.74) is 0. The van der Waals surface area contributed by atoms with Crippen molar-refractivity contribution < 1.29 is 13.2 Å². The van der Waals surface area contributed by atoms with E-state index < -0.39 is 10.0 Å². The second-order valence-electron chi connectivity index (χ2n) is 3.33. The summed E-state index contributed by atoms with van der Waals surface area (Å²) in [4.78, 5) is 0. The molecule has 15 heavy (non-hydrogen) atoms. The molecule has 1 unspecified atom stereocenters. The van der Waals surface area contributed by atoms with Crippen molar-refractivity contribution in [1.29, 1.82) is 0 Å². The van der Waals surface area contributed by atoms with Gasteiger partial charge in [-0.25, -0.2) is 13.1 Å². The molecule has 0 radical (unpaired) electrons. The summed E-state index contributed by atoms with van der Waals surface area (Å²) in [6.07, 6.45) is 1.24. The highest BCUT2D eigenvalue weighted by Gasteiger charge is 2.11. The molecular formula is C9H20ClNO3S. The molecule has 0 aromatic carbocycles. The number of nitrogens with one attached hydrogen (secondary N) is 1. The Kier molecular flexibility index (Phi) is 8.42. The molecule has 0 saturated heterocycles. The van der Waals surface area contributed by atoms with Gasteiger partial charge < -0.3 is 4.74 Å². The van der Waals surface area contributed by atoms with E-state index in [0.717, 1.165) is 6.42 Å². The van der Waals surface area contributed by atoms with Crippen molar-refractivity contribution in [2.75, 3.05) is 24.8 Å². The molecule has 0 rings (SSSR count). The first-order valence-electron chi connectivity index (χ1n) is 5.16. The Labute approximate surface area is 97.4 Å². The van der Waals surface area contributed by atoms with Gasteiger partial charge >= 0.3 is 0 Å². The summed E-state index contributed by atoms with van der Waals surface area (Å²) in [5, 5.41) is 0. The number of hydrogen-bond donors (Lipinski definition) is 1. The third-order valence-electron chi connectivity index (χ3n) is 1.84. The van der Waals surface area contributed by atoms with Crippen LogP contribution in [0, 0.1) is 0 Å². The van der Waals surface area contributed by atoms with E-state index in [1.54, 1.807) is 0 Å². The zero-order valence-electron chi connectivity index (χ0n) is 9.33. The van der Waals surface area contributed by atoms with Crippen LogP contribution in [-0.2, 0) is 14.8 Å². The van der Waals surface area contributed by atoms with E-state index >= 15 is 0 Å². The van der Waals surface area contributed by atoms with Crippen molar-refractivity contribution in [3.63, 3.8) is 0 Å². The number of sulfonamides is 1. The molecule has 0 amide bonds. The van der Waals surface area contributed by atoms with Crippen molar-refractivity contribution in [2.24, 2.45) is 0 Å². The maximum Gasteiger partial charge on any atom is 0.211 e. The predicted octanol–water partition coefficient (Wildman–Crippen LogP) is 1.35. The van der Waals surface area contributed by atoms with Crippen LogP contribution in [0.4, 0.5) is 0 Å². The highest BCUT2D eigenvalue weighted by atomic mass is 35.5. The fourth-order valence-corrected chi connectivity index (χ4v) is 2.45. The largest absolute Gasteiger partial charge is 0.377 e. The summed E-state index contributed by atoms with van der Waals surface area (Å²) in [6, 6.07) is 0. The Hall–Kier alpha value is 0.160. The number of unbranched alkanes of at least 4 members (excludes halogenated alkanes) is 1. The van der Waals surface area contributed by atoms with Gasteiger partial charge in [0.05, 0.1) is 11.9 Å². The molecule has 0 spiro atoms. The van der Waals surface area contributed by atoms with Gasteiger partial charge in [-0.2, -0.15) is 0 Å². The fraction of sp³-hybridized carbons (Fsp3) is 1.00. The van der Waals surface area contributed by atoms with Crippen LogP contribution in [0.1, 0.15) is 26.7 Å². The number of rotatable bonds is 9. The fourth-order valence-electron chi connectivity index (χ4n) is 1.05. The van der Waals surface area contributed by atoms with E-state index in [0.29, 0.717) is 25.5 Å². The Balaban J connectivity index is 3.73. The average Bonchev–Trinajstić information content (AvgIpc) is 2.16. The van der Waals surface area contributed by atoms with Gasteiger partial charge in [0.25, 0.3) is 0 Å². The van der Waals surface area contributed by atoms with E-state index in [-0.39, 0.29) is 11.9 Å². The summed E-state index contributed by atoms with van der Waals surface area (Å²) < 4.78 is 30.5. The highest BCUT2D eigenvalue weighted by Crippen LogP contribution is 1.97. The maximum atomic E-state index is 11.4. The molecule has 0 heterocycles. The van der Waals surface area contributed by atoms with Gasteiger partial charge in [-0.05, 0) is 26.7 Å². The second-order valence-corrected chi connectivity index (χ2v) is 5.63. The first-order chi connectivity index (χ1) is 7.02. The van der Waals surface area contributed by atoms with E-state index in [9.17, 15) is 8.42 Å². The Morgan fingerprint density at radius 3 is 2.60 bits per heavy atom. The molecule has 0 saturated carbocycles. The number of hydrogen-bond acceptors (Lipinski definition) is 3. The van der Waals surface area contributed by atoms with Crippen LogP contribution in [0.5, 0.6) is 0 Å². The molecule has 0 fully saturated rings. The lowest BCUT2D eigenvalue weighted by molar-refractivity contribution is 0.0799. The van der Waals surface area contributed by atoms with Crippen LogP contribution < -0.4 is 4.72 Å². The van der Waals surface area contributed by atoms with E-state index in [4.69, 9.17) is 16.3 Å². The van der Waals surface area contributed by atoms with Gasteiger partial charge in [0.15, 0.2) is 0 Å². The van der Waals surface area contributed by atoms with Gasteiger partial charge in [0.2, 0.25) is 10.0 Å². The van der Waals surface area contributed by atoms with Crippen molar-refractivity contribution >= 4 is 21.6 Å². The minimum atomic E-state index is -3.16. The molecular weight excluding hydrogens is 238 g/mol. The van der Waals surface area contributed by atoms with Gasteiger partial charge in [0.1, 0.15) is 0 Å². The molecule has 1 N–H and O–H groups in total. The second kappa shape index (κ2) is 8.33.